The van der Waals surface area contributed by atoms with E-state index in [0.29, 0.717) is 13.0 Å². The summed E-state index contributed by atoms with van der Waals surface area (Å²) in [5.41, 5.74) is 8.15. The van der Waals surface area contributed by atoms with Gasteiger partial charge in [0.15, 0.2) is 0 Å². The minimum atomic E-state index is 0.0891. The first-order valence-corrected chi connectivity index (χ1v) is 6.60. The second kappa shape index (κ2) is 7.17. The van der Waals surface area contributed by atoms with Crippen molar-refractivity contribution in [2.24, 2.45) is 5.73 Å². The number of hydrogen-bond acceptors (Lipinski definition) is 2. The molecule has 1 atom stereocenters. The molecule has 2 N–H and O–H groups in total. The Kier molecular flexibility index (Phi) is 5.86. The van der Waals surface area contributed by atoms with E-state index in [1.807, 2.05) is 14.0 Å². The molecule has 1 rings (SSSR count). The number of carbonyl (C=O) groups is 1. The summed E-state index contributed by atoms with van der Waals surface area (Å²) in [5.74, 6) is 0.159. The van der Waals surface area contributed by atoms with Crippen LogP contribution < -0.4 is 5.73 Å². The van der Waals surface area contributed by atoms with Gasteiger partial charge < -0.3 is 10.6 Å². The number of aryl methyl sites for hydroxylation is 1. The van der Waals surface area contributed by atoms with Gasteiger partial charge in [0.05, 0.1) is 0 Å². The molecule has 0 bridgehead atoms. The predicted octanol–water partition coefficient (Wildman–Crippen LogP) is 2.33. The number of rotatable bonds is 6. The highest BCUT2D eigenvalue weighted by atomic mass is 16.2. The van der Waals surface area contributed by atoms with Gasteiger partial charge in [-0.2, -0.15) is 0 Å². The average molecular weight is 248 g/mol. The van der Waals surface area contributed by atoms with Gasteiger partial charge >= 0.3 is 0 Å². The summed E-state index contributed by atoms with van der Waals surface area (Å²) in [5, 5.41) is 0. The third-order valence-electron chi connectivity index (χ3n) is 3.09. The average Bonchev–Trinajstić information content (AvgIpc) is 2.36. The number of amides is 1. The lowest BCUT2D eigenvalue weighted by Gasteiger charge is -2.18. The summed E-state index contributed by atoms with van der Waals surface area (Å²) < 4.78 is 0. The molecule has 0 heterocycles. The van der Waals surface area contributed by atoms with Gasteiger partial charge in [0, 0.05) is 26.1 Å². The van der Waals surface area contributed by atoms with Gasteiger partial charge in [0.25, 0.3) is 0 Å². The molecule has 1 aromatic rings. The van der Waals surface area contributed by atoms with Crippen LogP contribution in [-0.4, -0.2) is 23.9 Å². The summed E-state index contributed by atoms with van der Waals surface area (Å²) in [6.07, 6.45) is 2.32. The van der Waals surface area contributed by atoms with E-state index in [0.717, 1.165) is 12.8 Å². The molecule has 0 radical (unpaired) electrons. The maximum absolute atomic E-state index is 11.8. The van der Waals surface area contributed by atoms with Crippen molar-refractivity contribution in [3.8, 4) is 0 Å². The lowest BCUT2D eigenvalue weighted by atomic mass is 10.1. The third kappa shape index (κ3) is 4.88. The van der Waals surface area contributed by atoms with Gasteiger partial charge in [0.1, 0.15) is 0 Å². The number of hydrogen-bond donors (Lipinski definition) is 1. The normalized spacial score (nSPS) is 12.2. The minimum Gasteiger partial charge on any atom is -0.341 e. The molecule has 0 aliphatic carbocycles. The SMILES string of the molecule is CCc1ccc(CN(C)C(=O)CCC(C)N)cc1. The van der Waals surface area contributed by atoms with E-state index in [-0.39, 0.29) is 11.9 Å². The number of nitrogens with zero attached hydrogens (tertiary/aromatic N) is 1. The first-order chi connectivity index (χ1) is 8.52. The van der Waals surface area contributed by atoms with Crippen LogP contribution in [0.2, 0.25) is 0 Å². The van der Waals surface area contributed by atoms with Crippen molar-refractivity contribution >= 4 is 5.91 Å². The van der Waals surface area contributed by atoms with Crippen LogP contribution in [0.15, 0.2) is 24.3 Å². The van der Waals surface area contributed by atoms with Crippen LogP contribution in [0.25, 0.3) is 0 Å². The van der Waals surface area contributed by atoms with Crippen LogP contribution in [0, 0.1) is 0 Å². The fraction of sp³-hybridized carbons (Fsp3) is 0.533. The quantitative estimate of drug-likeness (QED) is 0.840. The lowest BCUT2D eigenvalue weighted by Crippen LogP contribution is -2.27. The first kappa shape index (κ1) is 14.7. The molecule has 0 fully saturated rings. The van der Waals surface area contributed by atoms with Crippen LogP contribution in [0.5, 0.6) is 0 Å². The highest BCUT2D eigenvalue weighted by Gasteiger charge is 2.09. The number of carbonyl (C=O) groups excluding carboxylic acids is 1. The molecule has 3 nitrogen and oxygen atoms in total. The van der Waals surface area contributed by atoms with Crippen LogP contribution >= 0.6 is 0 Å². The molecule has 100 valence electrons. The lowest BCUT2D eigenvalue weighted by molar-refractivity contribution is -0.130. The van der Waals surface area contributed by atoms with E-state index in [1.165, 1.54) is 11.1 Å². The first-order valence-electron chi connectivity index (χ1n) is 6.60. The standard InChI is InChI=1S/C15H24N2O/c1-4-13-6-8-14(9-7-13)11-17(3)15(18)10-5-12(2)16/h6-9,12H,4-5,10-11,16H2,1-3H3. The Hall–Kier alpha value is -1.35. The Morgan fingerprint density at radius 1 is 1.28 bits per heavy atom. The fourth-order valence-corrected chi connectivity index (χ4v) is 1.78. The molecule has 0 aliphatic heterocycles. The van der Waals surface area contributed by atoms with Crippen molar-refractivity contribution < 1.29 is 4.79 Å². The predicted molar refractivity (Wildman–Crippen MR) is 75.2 cm³/mol. The molecule has 0 saturated carbocycles. The minimum absolute atomic E-state index is 0.0891. The van der Waals surface area contributed by atoms with Gasteiger partial charge in [-0.3, -0.25) is 4.79 Å². The monoisotopic (exact) mass is 248 g/mol. The molecule has 0 aromatic heterocycles. The Labute approximate surface area is 110 Å². The molecule has 1 aromatic carbocycles. The zero-order valence-corrected chi connectivity index (χ0v) is 11.6. The number of nitrogens with two attached hydrogens (primary N) is 1. The molecule has 1 amide bonds. The fourth-order valence-electron chi connectivity index (χ4n) is 1.78. The summed E-state index contributed by atoms with van der Waals surface area (Å²) in [6, 6.07) is 8.51. The molecule has 0 spiro atoms. The van der Waals surface area contributed by atoms with Crippen molar-refractivity contribution in [3.05, 3.63) is 35.4 Å². The Morgan fingerprint density at radius 2 is 1.83 bits per heavy atom. The van der Waals surface area contributed by atoms with Crippen molar-refractivity contribution in [1.82, 2.24) is 4.90 Å². The van der Waals surface area contributed by atoms with E-state index >= 15 is 0 Å². The van der Waals surface area contributed by atoms with Gasteiger partial charge in [-0.05, 0) is 30.9 Å². The Bertz CT molecular complexity index is 371. The van der Waals surface area contributed by atoms with E-state index in [2.05, 4.69) is 31.2 Å². The van der Waals surface area contributed by atoms with Gasteiger partial charge in [-0.1, -0.05) is 31.2 Å². The van der Waals surface area contributed by atoms with Crippen molar-refractivity contribution in [2.45, 2.75) is 45.7 Å². The maximum atomic E-state index is 11.8. The maximum Gasteiger partial charge on any atom is 0.222 e. The summed E-state index contributed by atoms with van der Waals surface area (Å²) in [6.45, 7) is 4.73. The van der Waals surface area contributed by atoms with Crippen molar-refractivity contribution in [1.29, 1.82) is 0 Å². The molecule has 0 saturated heterocycles. The van der Waals surface area contributed by atoms with Crippen LogP contribution in [0.1, 0.15) is 37.8 Å². The second-order valence-corrected chi connectivity index (χ2v) is 4.94. The number of benzene rings is 1. The molecule has 1 unspecified atom stereocenters. The Balaban J connectivity index is 2.47. The topological polar surface area (TPSA) is 46.3 Å². The largest absolute Gasteiger partial charge is 0.341 e. The highest BCUT2D eigenvalue weighted by molar-refractivity contribution is 5.75. The molecule has 18 heavy (non-hydrogen) atoms. The highest BCUT2D eigenvalue weighted by Crippen LogP contribution is 2.08. The summed E-state index contributed by atoms with van der Waals surface area (Å²) in [4.78, 5) is 13.6. The summed E-state index contributed by atoms with van der Waals surface area (Å²) in [7, 11) is 1.84. The van der Waals surface area contributed by atoms with Crippen LogP contribution in [-0.2, 0) is 17.8 Å². The Morgan fingerprint density at radius 3 is 2.33 bits per heavy atom. The zero-order valence-electron chi connectivity index (χ0n) is 11.6. The summed E-state index contributed by atoms with van der Waals surface area (Å²) >= 11 is 0. The smallest absolute Gasteiger partial charge is 0.222 e. The molecule has 0 aliphatic rings. The van der Waals surface area contributed by atoms with E-state index in [4.69, 9.17) is 5.73 Å². The molecular weight excluding hydrogens is 224 g/mol. The van der Waals surface area contributed by atoms with E-state index in [1.54, 1.807) is 4.90 Å². The molecule has 3 heteroatoms. The third-order valence-corrected chi connectivity index (χ3v) is 3.09. The van der Waals surface area contributed by atoms with E-state index in [9.17, 15) is 4.79 Å². The van der Waals surface area contributed by atoms with Crippen LogP contribution in [0.3, 0.4) is 0 Å². The van der Waals surface area contributed by atoms with Crippen molar-refractivity contribution in [3.63, 3.8) is 0 Å². The van der Waals surface area contributed by atoms with Crippen LogP contribution in [0.4, 0.5) is 0 Å². The van der Waals surface area contributed by atoms with Gasteiger partial charge in [-0.15, -0.1) is 0 Å². The van der Waals surface area contributed by atoms with Gasteiger partial charge in [0.2, 0.25) is 5.91 Å². The molecular formula is C15H24N2O. The zero-order chi connectivity index (χ0) is 13.5. The second-order valence-electron chi connectivity index (χ2n) is 4.94. The van der Waals surface area contributed by atoms with Gasteiger partial charge in [-0.25, -0.2) is 0 Å². The van der Waals surface area contributed by atoms with E-state index < -0.39 is 0 Å². The van der Waals surface area contributed by atoms with Crippen molar-refractivity contribution in [2.75, 3.05) is 7.05 Å².